The number of ether oxygens (including phenoxy) is 1. The first-order chi connectivity index (χ1) is 16.3. The molecule has 34 heavy (non-hydrogen) atoms. The van der Waals surface area contributed by atoms with Crippen LogP contribution in [0.1, 0.15) is 21.5 Å². The summed E-state index contributed by atoms with van der Waals surface area (Å²) in [6.45, 7) is 2.05. The molecule has 2 aromatic carbocycles. The molecular formula is C24H22ClN5O4. The molecule has 0 aliphatic heterocycles. The molecule has 0 unspecified atom stereocenters. The number of fused-ring (bicyclic) bond motifs is 1. The van der Waals surface area contributed by atoms with Gasteiger partial charge in [0.15, 0.2) is 5.65 Å². The molecule has 9 nitrogen and oxygen atoms in total. The van der Waals surface area contributed by atoms with Gasteiger partial charge in [0.05, 0.1) is 17.7 Å². The van der Waals surface area contributed by atoms with Gasteiger partial charge in [0.2, 0.25) is 5.91 Å². The first-order valence-electron chi connectivity index (χ1n) is 10.4. The zero-order chi connectivity index (χ0) is 24.2. The SMILES string of the molecule is COc1ccc(NC(=O)Cn2nc3ccc(C(=O)NCc4ccc(C)cc4)cn3c2=O)cc1Cl. The average molecular weight is 480 g/mol. The van der Waals surface area contributed by atoms with Crippen LogP contribution in [0.4, 0.5) is 5.69 Å². The second-order valence-electron chi connectivity index (χ2n) is 7.65. The van der Waals surface area contributed by atoms with Gasteiger partial charge in [-0.1, -0.05) is 41.4 Å². The number of rotatable bonds is 7. The minimum atomic E-state index is -0.536. The molecule has 0 spiro atoms. The van der Waals surface area contributed by atoms with Crippen LogP contribution in [0, 0.1) is 6.92 Å². The summed E-state index contributed by atoms with van der Waals surface area (Å²) in [6.07, 6.45) is 1.41. The van der Waals surface area contributed by atoms with E-state index >= 15 is 0 Å². The van der Waals surface area contributed by atoms with Gasteiger partial charge in [0.1, 0.15) is 12.3 Å². The van der Waals surface area contributed by atoms with E-state index in [0.29, 0.717) is 34.2 Å². The molecule has 0 saturated heterocycles. The highest BCUT2D eigenvalue weighted by Crippen LogP contribution is 2.27. The third-order valence-electron chi connectivity index (χ3n) is 5.14. The van der Waals surface area contributed by atoms with Crippen molar-refractivity contribution in [3.8, 4) is 5.75 Å². The summed E-state index contributed by atoms with van der Waals surface area (Å²) in [5, 5.41) is 10.0. The summed E-state index contributed by atoms with van der Waals surface area (Å²) in [7, 11) is 1.49. The number of aryl methyl sites for hydroxylation is 1. The summed E-state index contributed by atoms with van der Waals surface area (Å²) in [4.78, 5) is 37.8. The van der Waals surface area contributed by atoms with Crippen molar-refractivity contribution in [1.82, 2.24) is 19.5 Å². The maximum Gasteiger partial charge on any atom is 0.350 e. The van der Waals surface area contributed by atoms with E-state index in [0.717, 1.165) is 15.8 Å². The molecule has 0 aliphatic carbocycles. The Morgan fingerprint density at radius 3 is 2.56 bits per heavy atom. The molecule has 2 aromatic heterocycles. The van der Waals surface area contributed by atoms with Gasteiger partial charge in [-0.25, -0.2) is 13.9 Å². The monoisotopic (exact) mass is 479 g/mol. The zero-order valence-corrected chi connectivity index (χ0v) is 19.3. The Morgan fingerprint density at radius 2 is 1.85 bits per heavy atom. The van der Waals surface area contributed by atoms with Crippen LogP contribution in [0.25, 0.3) is 5.65 Å². The van der Waals surface area contributed by atoms with Crippen LogP contribution in [0.2, 0.25) is 5.02 Å². The Kier molecular flexibility index (Phi) is 6.65. The van der Waals surface area contributed by atoms with Gasteiger partial charge in [0.25, 0.3) is 5.91 Å². The molecule has 4 rings (SSSR count). The first-order valence-corrected chi connectivity index (χ1v) is 10.8. The largest absolute Gasteiger partial charge is 0.495 e. The van der Waals surface area contributed by atoms with Crippen LogP contribution in [-0.2, 0) is 17.9 Å². The summed E-state index contributed by atoms with van der Waals surface area (Å²) in [5.74, 6) is -0.297. The Balaban J connectivity index is 1.45. The van der Waals surface area contributed by atoms with Gasteiger partial charge >= 0.3 is 5.69 Å². The highest BCUT2D eigenvalue weighted by Gasteiger charge is 2.14. The average Bonchev–Trinajstić information content (AvgIpc) is 3.13. The summed E-state index contributed by atoms with van der Waals surface area (Å²) in [6, 6.07) is 15.8. The van der Waals surface area contributed by atoms with E-state index < -0.39 is 11.6 Å². The second kappa shape index (κ2) is 9.80. The molecule has 0 bridgehead atoms. The molecule has 174 valence electrons. The van der Waals surface area contributed by atoms with Crippen LogP contribution in [0.5, 0.6) is 5.75 Å². The van der Waals surface area contributed by atoms with Crippen molar-refractivity contribution in [2.75, 3.05) is 12.4 Å². The number of anilines is 1. The molecule has 10 heteroatoms. The first kappa shape index (κ1) is 23.1. The van der Waals surface area contributed by atoms with Crippen LogP contribution in [-0.4, -0.2) is 33.1 Å². The van der Waals surface area contributed by atoms with Gasteiger partial charge in [-0.05, 0) is 42.8 Å². The number of nitrogens with zero attached hydrogens (tertiary/aromatic N) is 3. The van der Waals surface area contributed by atoms with E-state index in [4.69, 9.17) is 16.3 Å². The zero-order valence-electron chi connectivity index (χ0n) is 18.5. The predicted molar refractivity (Wildman–Crippen MR) is 128 cm³/mol. The van der Waals surface area contributed by atoms with E-state index in [9.17, 15) is 14.4 Å². The smallest absolute Gasteiger partial charge is 0.350 e. The molecule has 4 aromatic rings. The van der Waals surface area contributed by atoms with Crippen LogP contribution in [0.15, 0.2) is 65.6 Å². The normalized spacial score (nSPS) is 10.8. The van der Waals surface area contributed by atoms with E-state index in [1.165, 1.54) is 17.7 Å². The summed E-state index contributed by atoms with van der Waals surface area (Å²) >= 11 is 6.08. The van der Waals surface area contributed by atoms with Crippen LogP contribution >= 0.6 is 11.6 Å². The van der Waals surface area contributed by atoms with Crippen molar-refractivity contribution < 1.29 is 14.3 Å². The number of benzene rings is 2. The van der Waals surface area contributed by atoms with Gasteiger partial charge in [-0.3, -0.25) is 9.59 Å². The molecular weight excluding hydrogens is 458 g/mol. The lowest BCUT2D eigenvalue weighted by atomic mass is 10.1. The van der Waals surface area contributed by atoms with Crippen molar-refractivity contribution in [1.29, 1.82) is 0 Å². The molecule has 0 radical (unpaired) electrons. The predicted octanol–water partition coefficient (Wildman–Crippen LogP) is 3.04. The molecule has 0 saturated carbocycles. The number of nitrogens with one attached hydrogen (secondary N) is 2. The lowest BCUT2D eigenvalue weighted by molar-refractivity contribution is -0.117. The van der Waals surface area contributed by atoms with Crippen LogP contribution < -0.4 is 21.1 Å². The van der Waals surface area contributed by atoms with Crippen molar-refractivity contribution in [3.63, 3.8) is 0 Å². The molecule has 2 amide bonds. The number of carbonyl (C=O) groups excluding carboxylic acids is 2. The van der Waals surface area contributed by atoms with Crippen molar-refractivity contribution >= 4 is 34.7 Å². The Labute approximate surface area is 199 Å². The minimum absolute atomic E-state index is 0.304. The van der Waals surface area contributed by atoms with E-state index in [-0.39, 0.29) is 12.5 Å². The summed E-state index contributed by atoms with van der Waals surface area (Å²) < 4.78 is 7.35. The fourth-order valence-electron chi connectivity index (χ4n) is 3.33. The number of pyridine rings is 1. The van der Waals surface area contributed by atoms with Crippen LogP contribution in [0.3, 0.4) is 0 Å². The van der Waals surface area contributed by atoms with E-state index in [1.54, 1.807) is 30.3 Å². The maximum atomic E-state index is 12.8. The highest BCUT2D eigenvalue weighted by molar-refractivity contribution is 6.32. The van der Waals surface area contributed by atoms with E-state index in [2.05, 4.69) is 15.7 Å². The Morgan fingerprint density at radius 1 is 1.09 bits per heavy atom. The number of carbonyl (C=O) groups is 2. The van der Waals surface area contributed by atoms with Gasteiger partial charge in [-0.15, -0.1) is 5.10 Å². The van der Waals surface area contributed by atoms with E-state index in [1.807, 2.05) is 31.2 Å². The standard InChI is InChI=1S/C24H22ClN5O4/c1-15-3-5-16(6-4-15)12-26-23(32)17-7-10-21-28-30(24(33)29(21)13-17)14-22(31)27-18-8-9-20(34-2)19(25)11-18/h3-11,13H,12,14H2,1-2H3,(H,26,32)(H,27,31). The fraction of sp³-hybridized carbons (Fsp3) is 0.167. The molecule has 0 fully saturated rings. The van der Waals surface area contributed by atoms with Crippen molar-refractivity contribution in [2.24, 2.45) is 0 Å². The van der Waals surface area contributed by atoms with Crippen molar-refractivity contribution in [3.05, 3.63) is 93.0 Å². The lowest BCUT2D eigenvalue weighted by Gasteiger charge is -2.07. The molecule has 2 heterocycles. The number of hydrogen-bond acceptors (Lipinski definition) is 5. The minimum Gasteiger partial charge on any atom is -0.495 e. The number of halogens is 1. The number of hydrogen-bond donors (Lipinski definition) is 2. The van der Waals surface area contributed by atoms with Gasteiger partial charge < -0.3 is 15.4 Å². The Bertz CT molecular complexity index is 1430. The third kappa shape index (κ3) is 5.10. The summed E-state index contributed by atoms with van der Waals surface area (Å²) in [5.41, 5.74) is 2.65. The third-order valence-corrected chi connectivity index (χ3v) is 5.44. The Hall–Kier alpha value is -4.11. The van der Waals surface area contributed by atoms with Gasteiger partial charge in [0, 0.05) is 18.4 Å². The maximum absolute atomic E-state index is 12.8. The number of amides is 2. The van der Waals surface area contributed by atoms with Crippen molar-refractivity contribution in [2.45, 2.75) is 20.0 Å². The lowest BCUT2D eigenvalue weighted by Crippen LogP contribution is -2.28. The highest BCUT2D eigenvalue weighted by atomic mass is 35.5. The number of methoxy groups -OCH3 is 1. The van der Waals surface area contributed by atoms with Gasteiger partial charge in [-0.2, -0.15) is 0 Å². The topological polar surface area (TPSA) is 107 Å². The quantitative estimate of drug-likeness (QED) is 0.423. The molecule has 0 atom stereocenters. The second-order valence-corrected chi connectivity index (χ2v) is 8.06. The molecule has 0 aliphatic rings. The fourth-order valence-corrected chi connectivity index (χ4v) is 3.58. The molecule has 2 N–H and O–H groups in total. The number of aromatic nitrogens is 3.